The molecule has 1 atom stereocenters. The highest BCUT2D eigenvalue weighted by molar-refractivity contribution is 6.30. The van der Waals surface area contributed by atoms with Crippen LogP contribution in [0.25, 0.3) is 0 Å². The van der Waals surface area contributed by atoms with Gasteiger partial charge in [-0.15, -0.1) is 0 Å². The molecule has 2 aromatic rings. The van der Waals surface area contributed by atoms with Crippen LogP contribution in [0.1, 0.15) is 36.9 Å². The molecule has 0 aromatic heterocycles. The smallest absolute Gasteiger partial charge is 0.306 e. The summed E-state index contributed by atoms with van der Waals surface area (Å²) >= 11 is 6.36. The van der Waals surface area contributed by atoms with Crippen LogP contribution < -0.4 is 14.2 Å². The summed E-state index contributed by atoms with van der Waals surface area (Å²) in [6, 6.07) is 11.3. The Morgan fingerprint density at radius 1 is 1.10 bits per heavy atom. The number of piperidine rings is 1. The van der Waals surface area contributed by atoms with Gasteiger partial charge >= 0.3 is 5.97 Å². The van der Waals surface area contributed by atoms with Gasteiger partial charge in [-0.3, -0.25) is 9.69 Å². The molecule has 162 valence electrons. The number of benzene rings is 2. The number of likely N-dealkylation sites (tertiary alicyclic amines) is 1. The van der Waals surface area contributed by atoms with Crippen LogP contribution in [0.4, 0.5) is 0 Å². The molecule has 0 aliphatic carbocycles. The van der Waals surface area contributed by atoms with E-state index in [0.717, 1.165) is 16.9 Å². The molecule has 0 bridgehead atoms. The van der Waals surface area contributed by atoms with Crippen LogP contribution >= 0.6 is 11.6 Å². The molecule has 0 spiro atoms. The number of rotatable bonds is 8. The Labute approximate surface area is 182 Å². The molecule has 6 nitrogen and oxygen atoms in total. The topological polar surface area (TPSA) is 68.2 Å². The lowest BCUT2D eigenvalue weighted by Gasteiger charge is -2.37. The minimum Gasteiger partial charge on any atom is -0.494 e. The fourth-order valence-corrected chi connectivity index (χ4v) is 4.22. The second-order valence-electron chi connectivity index (χ2n) is 7.28. The molecule has 0 saturated carbocycles. The first-order chi connectivity index (χ1) is 14.5. The number of methoxy groups -OCH3 is 2. The van der Waals surface area contributed by atoms with Crippen molar-refractivity contribution in [2.24, 2.45) is 5.92 Å². The van der Waals surface area contributed by atoms with Crippen molar-refractivity contribution >= 4 is 17.6 Å². The van der Waals surface area contributed by atoms with E-state index in [4.69, 9.17) is 25.8 Å². The lowest BCUT2D eigenvalue weighted by atomic mass is 9.90. The summed E-state index contributed by atoms with van der Waals surface area (Å²) < 4.78 is 16.8. The number of aliphatic carboxylic acids is 1. The molecule has 1 heterocycles. The van der Waals surface area contributed by atoms with E-state index in [1.807, 2.05) is 43.3 Å². The van der Waals surface area contributed by atoms with Crippen LogP contribution in [0.5, 0.6) is 17.2 Å². The third kappa shape index (κ3) is 4.82. The number of carboxylic acids is 1. The van der Waals surface area contributed by atoms with Crippen LogP contribution in [0.2, 0.25) is 5.02 Å². The predicted molar refractivity (Wildman–Crippen MR) is 116 cm³/mol. The standard InChI is InChI=1S/C23H28ClNO5/c1-4-30-19-8-6-17(24)14-18(19)22(25-11-9-15(10-12-25)23(26)27)16-5-7-20(28-2)21(13-16)29-3/h5-8,13-15,22H,4,9-12H2,1-3H3,(H,26,27). The predicted octanol–water partition coefficient (Wildman–Crippen LogP) is 4.64. The van der Waals surface area contributed by atoms with Gasteiger partial charge in [0, 0.05) is 10.6 Å². The fraction of sp³-hybridized carbons (Fsp3) is 0.435. The van der Waals surface area contributed by atoms with E-state index in [0.29, 0.717) is 49.1 Å². The second kappa shape index (κ2) is 10.0. The van der Waals surface area contributed by atoms with Crippen molar-refractivity contribution in [3.05, 3.63) is 52.5 Å². The van der Waals surface area contributed by atoms with Gasteiger partial charge in [0.1, 0.15) is 5.75 Å². The Morgan fingerprint density at radius 2 is 1.77 bits per heavy atom. The van der Waals surface area contributed by atoms with E-state index in [9.17, 15) is 9.90 Å². The monoisotopic (exact) mass is 433 g/mol. The summed E-state index contributed by atoms with van der Waals surface area (Å²) in [5.74, 6) is 1.02. The Kier molecular flexibility index (Phi) is 7.45. The molecule has 1 unspecified atom stereocenters. The highest BCUT2D eigenvalue weighted by atomic mass is 35.5. The molecule has 1 aliphatic heterocycles. The highest BCUT2D eigenvalue weighted by Crippen LogP contribution is 2.41. The minimum absolute atomic E-state index is 0.153. The molecule has 1 fully saturated rings. The number of ether oxygens (including phenoxy) is 3. The number of carbonyl (C=O) groups is 1. The van der Waals surface area contributed by atoms with Crippen molar-refractivity contribution in [1.29, 1.82) is 0 Å². The molecule has 7 heteroatoms. The molecule has 1 saturated heterocycles. The number of hydrogen-bond acceptors (Lipinski definition) is 5. The molecule has 0 radical (unpaired) electrons. The van der Waals surface area contributed by atoms with E-state index >= 15 is 0 Å². The average Bonchev–Trinajstić information content (AvgIpc) is 2.76. The molecule has 1 N–H and O–H groups in total. The summed E-state index contributed by atoms with van der Waals surface area (Å²) in [7, 11) is 3.22. The summed E-state index contributed by atoms with van der Waals surface area (Å²) in [5, 5.41) is 10.0. The fourth-order valence-electron chi connectivity index (χ4n) is 4.03. The first-order valence-electron chi connectivity index (χ1n) is 10.1. The van der Waals surface area contributed by atoms with Crippen molar-refractivity contribution in [1.82, 2.24) is 4.90 Å². The van der Waals surface area contributed by atoms with Crippen LogP contribution in [0.15, 0.2) is 36.4 Å². The Morgan fingerprint density at radius 3 is 2.37 bits per heavy atom. The van der Waals surface area contributed by atoms with E-state index in [1.165, 1.54) is 0 Å². The first kappa shape index (κ1) is 22.2. The summed E-state index contributed by atoms with van der Waals surface area (Å²) in [5.41, 5.74) is 1.95. The molecule has 2 aromatic carbocycles. The second-order valence-corrected chi connectivity index (χ2v) is 7.72. The molecule has 1 aliphatic rings. The lowest BCUT2D eigenvalue weighted by molar-refractivity contribution is -0.143. The average molecular weight is 434 g/mol. The van der Waals surface area contributed by atoms with Crippen LogP contribution in [-0.2, 0) is 4.79 Å². The molecular formula is C23H28ClNO5. The third-order valence-electron chi connectivity index (χ3n) is 5.53. The first-order valence-corrected chi connectivity index (χ1v) is 10.5. The SMILES string of the molecule is CCOc1ccc(Cl)cc1C(c1ccc(OC)c(OC)c1)N1CCC(C(=O)O)CC1. The number of hydrogen-bond donors (Lipinski definition) is 1. The van der Waals surface area contributed by atoms with Crippen molar-refractivity contribution in [3.8, 4) is 17.2 Å². The van der Waals surface area contributed by atoms with Crippen molar-refractivity contribution < 1.29 is 24.1 Å². The van der Waals surface area contributed by atoms with Gasteiger partial charge < -0.3 is 19.3 Å². The molecule has 0 amide bonds. The summed E-state index contributed by atoms with van der Waals surface area (Å²) in [6.07, 6.45) is 1.20. The van der Waals surface area contributed by atoms with Gasteiger partial charge in [0.2, 0.25) is 0 Å². The van der Waals surface area contributed by atoms with Crippen molar-refractivity contribution in [2.45, 2.75) is 25.8 Å². The zero-order valence-corrected chi connectivity index (χ0v) is 18.3. The maximum absolute atomic E-state index is 11.4. The Balaban J connectivity index is 2.07. The van der Waals surface area contributed by atoms with Gasteiger partial charge in [-0.2, -0.15) is 0 Å². The van der Waals surface area contributed by atoms with E-state index in [-0.39, 0.29) is 12.0 Å². The maximum Gasteiger partial charge on any atom is 0.306 e. The lowest BCUT2D eigenvalue weighted by Crippen LogP contribution is -2.39. The number of halogens is 1. The van der Waals surface area contributed by atoms with Gasteiger partial charge in [-0.25, -0.2) is 0 Å². The Hall–Kier alpha value is -2.44. The van der Waals surface area contributed by atoms with Gasteiger partial charge in [0.25, 0.3) is 0 Å². The van der Waals surface area contributed by atoms with Crippen molar-refractivity contribution in [3.63, 3.8) is 0 Å². The van der Waals surface area contributed by atoms with Crippen LogP contribution in [0, 0.1) is 5.92 Å². The summed E-state index contributed by atoms with van der Waals surface area (Å²) in [6.45, 7) is 3.80. The zero-order valence-electron chi connectivity index (χ0n) is 17.6. The Bertz CT molecular complexity index is 880. The molecular weight excluding hydrogens is 406 g/mol. The third-order valence-corrected chi connectivity index (χ3v) is 5.77. The van der Waals surface area contributed by atoms with Gasteiger partial charge in [0.05, 0.1) is 32.8 Å². The van der Waals surface area contributed by atoms with Gasteiger partial charge in [0.15, 0.2) is 11.5 Å². The molecule has 30 heavy (non-hydrogen) atoms. The number of nitrogens with zero attached hydrogens (tertiary/aromatic N) is 1. The van der Waals surface area contributed by atoms with Crippen LogP contribution in [-0.4, -0.2) is 49.9 Å². The normalized spacial score (nSPS) is 16.1. The van der Waals surface area contributed by atoms with E-state index in [2.05, 4.69) is 4.90 Å². The van der Waals surface area contributed by atoms with E-state index in [1.54, 1.807) is 14.2 Å². The zero-order chi connectivity index (χ0) is 21.7. The summed E-state index contributed by atoms with van der Waals surface area (Å²) in [4.78, 5) is 13.7. The largest absolute Gasteiger partial charge is 0.494 e. The van der Waals surface area contributed by atoms with Crippen LogP contribution in [0.3, 0.4) is 0 Å². The maximum atomic E-state index is 11.4. The minimum atomic E-state index is -0.727. The highest BCUT2D eigenvalue weighted by Gasteiger charge is 2.32. The van der Waals surface area contributed by atoms with Gasteiger partial charge in [-0.1, -0.05) is 17.7 Å². The molecule has 3 rings (SSSR count). The number of carboxylic acid groups (broad SMARTS) is 1. The van der Waals surface area contributed by atoms with Crippen molar-refractivity contribution in [2.75, 3.05) is 33.9 Å². The quantitative estimate of drug-likeness (QED) is 0.654. The van der Waals surface area contributed by atoms with E-state index < -0.39 is 5.97 Å². The van der Waals surface area contributed by atoms with Gasteiger partial charge in [-0.05, 0) is 68.8 Å².